The zero-order chi connectivity index (χ0) is 9.52. The summed E-state index contributed by atoms with van der Waals surface area (Å²) in [6, 6.07) is 10.9. The fourth-order valence-electron chi connectivity index (χ4n) is 1.22. The molecule has 0 heterocycles. The number of hydrogen-bond donors (Lipinski definition) is 1. The maximum Gasteiger partial charge on any atom is 0.0294 e. The van der Waals surface area contributed by atoms with Crippen LogP contribution >= 0.6 is 0 Å². The Morgan fingerprint density at radius 1 is 1.31 bits per heavy atom. The lowest BCUT2D eigenvalue weighted by atomic mass is 10.1. The second-order valence-electron chi connectivity index (χ2n) is 3.11. The SMILES string of the molecule is CC=CCNC(C)c1ccccc1. The maximum absolute atomic E-state index is 3.41. The van der Waals surface area contributed by atoms with E-state index >= 15 is 0 Å². The molecule has 0 radical (unpaired) electrons. The largest absolute Gasteiger partial charge is 0.307 e. The minimum Gasteiger partial charge on any atom is -0.307 e. The van der Waals surface area contributed by atoms with Gasteiger partial charge in [-0.05, 0) is 19.4 Å². The zero-order valence-corrected chi connectivity index (χ0v) is 8.33. The molecule has 0 aromatic heterocycles. The third-order valence-corrected chi connectivity index (χ3v) is 2.08. The smallest absolute Gasteiger partial charge is 0.0294 e. The van der Waals surface area contributed by atoms with E-state index in [4.69, 9.17) is 0 Å². The number of benzene rings is 1. The topological polar surface area (TPSA) is 12.0 Å². The zero-order valence-electron chi connectivity index (χ0n) is 8.33. The van der Waals surface area contributed by atoms with Gasteiger partial charge < -0.3 is 5.32 Å². The third-order valence-electron chi connectivity index (χ3n) is 2.08. The van der Waals surface area contributed by atoms with E-state index in [1.165, 1.54) is 5.56 Å². The van der Waals surface area contributed by atoms with Crippen molar-refractivity contribution in [1.29, 1.82) is 0 Å². The van der Waals surface area contributed by atoms with Gasteiger partial charge in [-0.25, -0.2) is 0 Å². The molecule has 0 aliphatic rings. The van der Waals surface area contributed by atoms with Crippen LogP contribution in [0.25, 0.3) is 0 Å². The van der Waals surface area contributed by atoms with E-state index in [-0.39, 0.29) is 0 Å². The average Bonchev–Trinajstić information content (AvgIpc) is 2.19. The molecule has 1 nitrogen and oxygen atoms in total. The van der Waals surface area contributed by atoms with Gasteiger partial charge in [-0.3, -0.25) is 0 Å². The summed E-state index contributed by atoms with van der Waals surface area (Å²) in [5, 5.41) is 3.41. The predicted molar refractivity (Wildman–Crippen MR) is 57.7 cm³/mol. The summed E-state index contributed by atoms with van der Waals surface area (Å²) < 4.78 is 0. The molecule has 0 saturated carbocycles. The molecule has 70 valence electrons. The van der Waals surface area contributed by atoms with E-state index < -0.39 is 0 Å². The first-order valence-electron chi connectivity index (χ1n) is 4.74. The van der Waals surface area contributed by atoms with E-state index in [1.54, 1.807) is 0 Å². The summed E-state index contributed by atoms with van der Waals surface area (Å²) in [5.74, 6) is 0. The maximum atomic E-state index is 3.41. The van der Waals surface area contributed by atoms with Crippen molar-refractivity contribution in [3.63, 3.8) is 0 Å². The lowest BCUT2D eigenvalue weighted by Gasteiger charge is -2.12. The number of rotatable bonds is 4. The molecule has 1 atom stereocenters. The van der Waals surface area contributed by atoms with Gasteiger partial charge in [0, 0.05) is 12.6 Å². The second kappa shape index (κ2) is 5.55. The summed E-state index contributed by atoms with van der Waals surface area (Å²) in [5.41, 5.74) is 1.34. The van der Waals surface area contributed by atoms with Crippen molar-refractivity contribution in [3.8, 4) is 0 Å². The summed E-state index contributed by atoms with van der Waals surface area (Å²) in [4.78, 5) is 0. The molecule has 0 aliphatic heterocycles. The molecule has 0 bridgehead atoms. The third kappa shape index (κ3) is 3.43. The molecule has 0 amide bonds. The fourth-order valence-corrected chi connectivity index (χ4v) is 1.22. The number of allylic oxidation sites excluding steroid dienone is 1. The van der Waals surface area contributed by atoms with Crippen molar-refractivity contribution in [2.24, 2.45) is 0 Å². The molecule has 0 saturated heterocycles. The van der Waals surface area contributed by atoms with Crippen molar-refractivity contribution < 1.29 is 0 Å². The first kappa shape index (κ1) is 10.0. The minimum absolute atomic E-state index is 0.428. The Morgan fingerprint density at radius 3 is 2.62 bits per heavy atom. The predicted octanol–water partition coefficient (Wildman–Crippen LogP) is 2.91. The van der Waals surface area contributed by atoms with E-state index in [1.807, 2.05) is 13.0 Å². The molecule has 1 aromatic rings. The summed E-state index contributed by atoms with van der Waals surface area (Å²) >= 11 is 0. The van der Waals surface area contributed by atoms with Crippen molar-refractivity contribution >= 4 is 0 Å². The van der Waals surface area contributed by atoms with Crippen LogP contribution in [0.15, 0.2) is 42.5 Å². The van der Waals surface area contributed by atoms with Gasteiger partial charge in [-0.15, -0.1) is 0 Å². The molecule has 0 aliphatic carbocycles. The summed E-state index contributed by atoms with van der Waals surface area (Å²) in [6.45, 7) is 5.15. The molecule has 13 heavy (non-hydrogen) atoms. The van der Waals surface area contributed by atoms with Crippen LogP contribution in [-0.2, 0) is 0 Å². The van der Waals surface area contributed by atoms with Crippen LogP contribution in [-0.4, -0.2) is 6.54 Å². The molecule has 0 spiro atoms. The van der Waals surface area contributed by atoms with Gasteiger partial charge in [0.15, 0.2) is 0 Å². The van der Waals surface area contributed by atoms with Gasteiger partial charge in [0.1, 0.15) is 0 Å². The molecular formula is C12H17N. The summed E-state index contributed by atoms with van der Waals surface area (Å²) in [6.07, 6.45) is 4.18. The highest BCUT2D eigenvalue weighted by molar-refractivity contribution is 5.18. The highest BCUT2D eigenvalue weighted by Gasteiger charge is 2.00. The van der Waals surface area contributed by atoms with Crippen LogP contribution in [0.2, 0.25) is 0 Å². The Hall–Kier alpha value is -1.08. The molecule has 1 heteroatoms. The van der Waals surface area contributed by atoms with Gasteiger partial charge in [0.25, 0.3) is 0 Å². The minimum atomic E-state index is 0.428. The molecule has 1 aromatic carbocycles. The Balaban J connectivity index is 2.44. The highest BCUT2D eigenvalue weighted by atomic mass is 14.9. The highest BCUT2D eigenvalue weighted by Crippen LogP contribution is 2.10. The van der Waals surface area contributed by atoms with Crippen molar-refractivity contribution in [1.82, 2.24) is 5.32 Å². The lowest BCUT2D eigenvalue weighted by molar-refractivity contribution is 0.617. The van der Waals surface area contributed by atoms with Crippen LogP contribution in [0, 0.1) is 0 Å². The van der Waals surface area contributed by atoms with Crippen LogP contribution < -0.4 is 5.32 Å². The van der Waals surface area contributed by atoms with Crippen LogP contribution in [0.4, 0.5) is 0 Å². The Kier molecular flexibility index (Phi) is 4.27. The van der Waals surface area contributed by atoms with Gasteiger partial charge in [0.2, 0.25) is 0 Å². The van der Waals surface area contributed by atoms with E-state index in [0.717, 1.165) is 6.54 Å². The first-order valence-corrected chi connectivity index (χ1v) is 4.74. The standard InChI is InChI=1S/C12H17N/c1-3-4-10-13-11(2)12-8-6-5-7-9-12/h3-9,11,13H,10H2,1-2H3. The number of nitrogens with one attached hydrogen (secondary N) is 1. The average molecular weight is 175 g/mol. The lowest BCUT2D eigenvalue weighted by Crippen LogP contribution is -2.18. The van der Waals surface area contributed by atoms with Crippen LogP contribution in [0.5, 0.6) is 0 Å². The summed E-state index contributed by atoms with van der Waals surface area (Å²) in [7, 11) is 0. The molecule has 1 N–H and O–H groups in total. The monoisotopic (exact) mass is 175 g/mol. The van der Waals surface area contributed by atoms with Crippen molar-refractivity contribution in [2.75, 3.05) is 6.54 Å². The van der Waals surface area contributed by atoms with Gasteiger partial charge in [0.05, 0.1) is 0 Å². The Morgan fingerprint density at radius 2 is 2.00 bits per heavy atom. The molecule has 1 unspecified atom stereocenters. The van der Waals surface area contributed by atoms with Crippen LogP contribution in [0.1, 0.15) is 25.5 Å². The second-order valence-corrected chi connectivity index (χ2v) is 3.11. The quantitative estimate of drug-likeness (QED) is 0.694. The van der Waals surface area contributed by atoms with Crippen molar-refractivity contribution in [3.05, 3.63) is 48.0 Å². The normalized spacial score (nSPS) is 13.4. The van der Waals surface area contributed by atoms with Crippen molar-refractivity contribution in [2.45, 2.75) is 19.9 Å². The van der Waals surface area contributed by atoms with Crippen LogP contribution in [0.3, 0.4) is 0 Å². The Bertz CT molecular complexity index is 251. The van der Waals surface area contributed by atoms with E-state index in [0.29, 0.717) is 6.04 Å². The Labute approximate surface area is 80.5 Å². The molecule has 1 rings (SSSR count). The first-order chi connectivity index (χ1) is 6.34. The fraction of sp³-hybridized carbons (Fsp3) is 0.333. The molecule has 0 fully saturated rings. The van der Waals surface area contributed by atoms with Gasteiger partial charge in [-0.1, -0.05) is 42.5 Å². The molecular weight excluding hydrogens is 158 g/mol. The van der Waals surface area contributed by atoms with E-state index in [2.05, 4.69) is 48.7 Å². The number of hydrogen-bond acceptors (Lipinski definition) is 1. The van der Waals surface area contributed by atoms with E-state index in [9.17, 15) is 0 Å². The van der Waals surface area contributed by atoms with Gasteiger partial charge in [-0.2, -0.15) is 0 Å². The van der Waals surface area contributed by atoms with Gasteiger partial charge >= 0.3 is 0 Å².